The summed E-state index contributed by atoms with van der Waals surface area (Å²) in [5.74, 6) is 0.433. The smallest absolute Gasteiger partial charge is 0.196 e. The minimum Gasteiger partial charge on any atom is -0.293 e. The number of aromatic nitrogens is 3. The van der Waals surface area contributed by atoms with E-state index in [-0.39, 0.29) is 5.78 Å². The van der Waals surface area contributed by atoms with Crippen molar-refractivity contribution in [3.05, 3.63) is 71.5 Å². The number of nitrogens with zero attached hydrogens (tertiary/aromatic N) is 3. The Kier molecular flexibility index (Phi) is 4.57. The van der Waals surface area contributed by atoms with Crippen LogP contribution >= 0.6 is 11.8 Å². The SMILES string of the molecule is Cc1ccc(C(=O)CSc2nncn2-c2ccccc2C)cc1. The zero-order chi connectivity index (χ0) is 16.2. The first-order valence-electron chi connectivity index (χ1n) is 7.34. The number of carbonyl (C=O) groups excluding carboxylic acids is 1. The highest BCUT2D eigenvalue weighted by molar-refractivity contribution is 7.99. The molecule has 0 saturated heterocycles. The van der Waals surface area contributed by atoms with E-state index < -0.39 is 0 Å². The Hall–Kier alpha value is -2.40. The van der Waals surface area contributed by atoms with E-state index in [0.717, 1.165) is 27.5 Å². The first kappa shape index (κ1) is 15.5. The lowest BCUT2D eigenvalue weighted by Gasteiger charge is -2.08. The number of hydrogen-bond donors (Lipinski definition) is 0. The Morgan fingerprint density at radius 3 is 2.57 bits per heavy atom. The summed E-state index contributed by atoms with van der Waals surface area (Å²) in [6, 6.07) is 15.7. The Morgan fingerprint density at radius 1 is 1.09 bits per heavy atom. The van der Waals surface area contributed by atoms with Crippen molar-refractivity contribution in [1.29, 1.82) is 0 Å². The monoisotopic (exact) mass is 323 g/mol. The van der Waals surface area contributed by atoms with Crippen molar-refractivity contribution in [3.63, 3.8) is 0 Å². The van der Waals surface area contributed by atoms with Gasteiger partial charge in [0.2, 0.25) is 0 Å². The molecule has 3 rings (SSSR count). The third kappa shape index (κ3) is 3.51. The molecule has 0 aliphatic heterocycles. The molecule has 2 aromatic carbocycles. The summed E-state index contributed by atoms with van der Waals surface area (Å²) in [6.45, 7) is 4.05. The average molecular weight is 323 g/mol. The fourth-order valence-electron chi connectivity index (χ4n) is 2.27. The van der Waals surface area contributed by atoms with Crippen LogP contribution in [0.2, 0.25) is 0 Å². The fourth-order valence-corrected chi connectivity index (χ4v) is 3.09. The maximum Gasteiger partial charge on any atom is 0.196 e. The highest BCUT2D eigenvalue weighted by atomic mass is 32.2. The van der Waals surface area contributed by atoms with Gasteiger partial charge in [-0.25, -0.2) is 0 Å². The van der Waals surface area contributed by atoms with Crippen molar-refractivity contribution >= 4 is 17.5 Å². The van der Waals surface area contributed by atoms with Gasteiger partial charge in [0.05, 0.1) is 11.4 Å². The van der Waals surface area contributed by atoms with Gasteiger partial charge >= 0.3 is 0 Å². The normalized spacial score (nSPS) is 10.7. The average Bonchev–Trinajstić information content (AvgIpc) is 3.02. The first-order chi connectivity index (χ1) is 11.1. The molecule has 0 fully saturated rings. The summed E-state index contributed by atoms with van der Waals surface area (Å²) < 4.78 is 1.92. The Bertz CT molecular complexity index is 824. The van der Waals surface area contributed by atoms with Gasteiger partial charge in [-0.1, -0.05) is 59.8 Å². The van der Waals surface area contributed by atoms with Gasteiger partial charge in [-0.3, -0.25) is 9.36 Å². The van der Waals surface area contributed by atoms with Crippen molar-refractivity contribution < 1.29 is 4.79 Å². The topological polar surface area (TPSA) is 47.8 Å². The molecule has 5 heteroatoms. The van der Waals surface area contributed by atoms with Gasteiger partial charge in [0, 0.05) is 5.56 Å². The van der Waals surface area contributed by atoms with Crippen LogP contribution in [0.15, 0.2) is 60.0 Å². The molecule has 1 aromatic heterocycles. The van der Waals surface area contributed by atoms with E-state index in [1.54, 1.807) is 6.33 Å². The second-order valence-corrected chi connectivity index (χ2v) is 6.29. The van der Waals surface area contributed by atoms with Gasteiger partial charge in [0.15, 0.2) is 10.9 Å². The third-order valence-electron chi connectivity index (χ3n) is 3.60. The largest absolute Gasteiger partial charge is 0.293 e. The van der Waals surface area contributed by atoms with Crippen LogP contribution in [0.5, 0.6) is 0 Å². The Labute approximate surface area is 139 Å². The highest BCUT2D eigenvalue weighted by Crippen LogP contribution is 2.22. The lowest BCUT2D eigenvalue weighted by atomic mass is 10.1. The standard InChI is InChI=1S/C18H17N3OS/c1-13-7-9-15(10-8-13)17(22)11-23-18-20-19-12-21(18)16-6-4-3-5-14(16)2/h3-10,12H,11H2,1-2H3. The molecule has 23 heavy (non-hydrogen) atoms. The highest BCUT2D eigenvalue weighted by Gasteiger charge is 2.12. The predicted molar refractivity (Wildman–Crippen MR) is 92.3 cm³/mol. The number of benzene rings is 2. The van der Waals surface area contributed by atoms with Crippen LogP contribution in [-0.2, 0) is 0 Å². The molecular formula is C18H17N3OS. The summed E-state index contributed by atoms with van der Waals surface area (Å²) in [4.78, 5) is 12.3. The van der Waals surface area contributed by atoms with Crippen molar-refractivity contribution in [1.82, 2.24) is 14.8 Å². The molecule has 1 heterocycles. The maximum absolute atomic E-state index is 12.3. The van der Waals surface area contributed by atoms with Crippen molar-refractivity contribution in [3.8, 4) is 5.69 Å². The van der Waals surface area contributed by atoms with Crippen LogP contribution in [0.25, 0.3) is 5.69 Å². The van der Waals surface area contributed by atoms with Gasteiger partial charge in [0.25, 0.3) is 0 Å². The second-order valence-electron chi connectivity index (χ2n) is 5.35. The minimum atomic E-state index is 0.0920. The molecule has 3 aromatic rings. The summed E-state index contributed by atoms with van der Waals surface area (Å²) >= 11 is 1.40. The molecular weight excluding hydrogens is 306 g/mol. The molecule has 0 unspecified atom stereocenters. The molecule has 0 radical (unpaired) electrons. The van der Waals surface area contributed by atoms with Crippen molar-refractivity contribution in [2.24, 2.45) is 0 Å². The zero-order valence-electron chi connectivity index (χ0n) is 13.1. The van der Waals surface area contributed by atoms with E-state index in [0.29, 0.717) is 5.75 Å². The predicted octanol–water partition coefficient (Wildman–Crippen LogP) is 3.86. The van der Waals surface area contributed by atoms with E-state index >= 15 is 0 Å². The number of carbonyl (C=O) groups is 1. The number of rotatable bonds is 5. The van der Waals surface area contributed by atoms with Gasteiger partial charge in [-0.15, -0.1) is 10.2 Å². The Morgan fingerprint density at radius 2 is 1.83 bits per heavy atom. The number of hydrogen-bond acceptors (Lipinski definition) is 4. The number of Topliss-reactive ketones (excluding diaryl/α,β-unsaturated/α-hetero) is 1. The summed E-state index contributed by atoms with van der Waals surface area (Å²) in [7, 11) is 0. The second kappa shape index (κ2) is 6.79. The molecule has 0 atom stereocenters. The van der Waals surface area contributed by atoms with Crippen LogP contribution in [0.4, 0.5) is 0 Å². The lowest BCUT2D eigenvalue weighted by molar-refractivity contribution is 0.102. The fraction of sp³-hybridized carbons (Fsp3) is 0.167. The quantitative estimate of drug-likeness (QED) is 0.528. The number of ketones is 1. The molecule has 116 valence electrons. The van der Waals surface area contributed by atoms with Gasteiger partial charge < -0.3 is 0 Å². The van der Waals surface area contributed by atoms with Crippen LogP contribution in [0, 0.1) is 13.8 Å². The van der Waals surface area contributed by atoms with Gasteiger partial charge in [0.1, 0.15) is 6.33 Å². The molecule has 0 bridgehead atoms. The molecule has 0 saturated carbocycles. The number of aryl methyl sites for hydroxylation is 2. The molecule has 0 N–H and O–H groups in total. The van der Waals surface area contributed by atoms with E-state index in [9.17, 15) is 4.79 Å². The first-order valence-corrected chi connectivity index (χ1v) is 8.32. The summed E-state index contributed by atoms with van der Waals surface area (Å²) in [5.41, 5.74) is 4.04. The van der Waals surface area contributed by atoms with E-state index in [4.69, 9.17) is 0 Å². The van der Waals surface area contributed by atoms with Crippen LogP contribution in [0.3, 0.4) is 0 Å². The molecule has 0 amide bonds. The van der Waals surface area contributed by atoms with Crippen LogP contribution in [-0.4, -0.2) is 26.3 Å². The van der Waals surface area contributed by atoms with E-state index in [2.05, 4.69) is 10.2 Å². The van der Waals surface area contributed by atoms with Crippen molar-refractivity contribution in [2.45, 2.75) is 19.0 Å². The van der Waals surface area contributed by atoms with Crippen LogP contribution < -0.4 is 0 Å². The maximum atomic E-state index is 12.3. The number of para-hydroxylation sites is 1. The third-order valence-corrected chi connectivity index (χ3v) is 4.54. The van der Waals surface area contributed by atoms with Gasteiger partial charge in [-0.2, -0.15) is 0 Å². The molecule has 0 aliphatic rings. The molecule has 4 nitrogen and oxygen atoms in total. The molecule has 0 aliphatic carbocycles. The van der Waals surface area contributed by atoms with Gasteiger partial charge in [-0.05, 0) is 25.5 Å². The van der Waals surface area contributed by atoms with Crippen LogP contribution in [0.1, 0.15) is 21.5 Å². The van der Waals surface area contributed by atoms with E-state index in [1.807, 2.05) is 66.9 Å². The minimum absolute atomic E-state index is 0.0920. The summed E-state index contributed by atoms with van der Waals surface area (Å²) in [6.07, 6.45) is 1.68. The van der Waals surface area contributed by atoms with Crippen molar-refractivity contribution in [2.75, 3.05) is 5.75 Å². The van der Waals surface area contributed by atoms with E-state index in [1.165, 1.54) is 11.8 Å². The molecule has 0 spiro atoms. The summed E-state index contributed by atoms with van der Waals surface area (Å²) in [5, 5.41) is 8.84. The zero-order valence-corrected chi connectivity index (χ0v) is 13.9. The number of thioether (sulfide) groups is 1. The Balaban J connectivity index is 1.75. The lowest BCUT2D eigenvalue weighted by Crippen LogP contribution is -2.04.